The third-order valence-corrected chi connectivity index (χ3v) is 4.48. The second kappa shape index (κ2) is 6.27. The van der Waals surface area contributed by atoms with Crippen molar-refractivity contribution < 1.29 is 0 Å². The molecular weight excluding hydrogens is 250 g/mol. The molecule has 1 nitrogen and oxygen atoms in total. The lowest BCUT2D eigenvalue weighted by Gasteiger charge is -2.15. The van der Waals surface area contributed by atoms with Crippen molar-refractivity contribution in [2.24, 2.45) is 0 Å². The first-order valence-corrected chi connectivity index (χ1v) is 7.76. The number of hydrogen-bond acceptors (Lipinski definition) is 2. The predicted octanol–water partition coefficient (Wildman–Crippen LogP) is 4.43. The van der Waals surface area contributed by atoms with Crippen molar-refractivity contribution in [1.29, 1.82) is 0 Å². The van der Waals surface area contributed by atoms with Crippen molar-refractivity contribution in [2.45, 2.75) is 29.2 Å². The van der Waals surface area contributed by atoms with E-state index in [9.17, 15) is 0 Å². The smallest absolute Gasteiger partial charge is 0.0234 e. The zero-order valence-corrected chi connectivity index (χ0v) is 11.9. The molecule has 0 aromatic heterocycles. The van der Waals surface area contributed by atoms with E-state index in [1.807, 2.05) is 11.8 Å². The van der Waals surface area contributed by atoms with Gasteiger partial charge in [0.05, 0.1) is 0 Å². The second-order valence-electron chi connectivity index (χ2n) is 5.05. The summed E-state index contributed by atoms with van der Waals surface area (Å²) in [5.41, 5.74) is 1.43. The highest BCUT2D eigenvalue weighted by Crippen LogP contribution is 2.28. The minimum atomic E-state index is 1.10. The molecule has 19 heavy (non-hydrogen) atoms. The van der Waals surface area contributed by atoms with E-state index in [0.717, 1.165) is 6.54 Å². The molecular formula is C17H19NS. The van der Waals surface area contributed by atoms with Crippen LogP contribution in [-0.4, -0.2) is 18.0 Å². The lowest BCUT2D eigenvalue weighted by Crippen LogP contribution is -2.18. The standard InChI is InChI=1S/C17H19NS/c1-2-8-16(9-3-1)19-17-10-6-7-15(13-17)14-18-11-4-5-12-18/h1-3,6-10,13H,4-5,11-12,14H2. The van der Waals surface area contributed by atoms with E-state index in [1.165, 1.54) is 41.3 Å². The molecule has 3 rings (SSSR count). The molecule has 0 amide bonds. The lowest BCUT2D eigenvalue weighted by molar-refractivity contribution is 0.331. The van der Waals surface area contributed by atoms with Crippen LogP contribution in [0.2, 0.25) is 0 Å². The summed E-state index contributed by atoms with van der Waals surface area (Å²) in [6, 6.07) is 19.5. The van der Waals surface area contributed by atoms with Gasteiger partial charge in [-0.2, -0.15) is 0 Å². The summed E-state index contributed by atoms with van der Waals surface area (Å²) in [6.07, 6.45) is 2.72. The normalized spacial score (nSPS) is 15.8. The Morgan fingerprint density at radius 2 is 1.58 bits per heavy atom. The van der Waals surface area contributed by atoms with Crippen LogP contribution in [0.3, 0.4) is 0 Å². The summed E-state index contributed by atoms with van der Waals surface area (Å²) in [5.74, 6) is 0. The third kappa shape index (κ3) is 3.62. The molecule has 0 atom stereocenters. The highest BCUT2D eigenvalue weighted by Gasteiger charge is 2.11. The summed E-state index contributed by atoms with van der Waals surface area (Å²) in [5, 5.41) is 0. The fourth-order valence-corrected chi connectivity index (χ4v) is 3.45. The molecule has 98 valence electrons. The average Bonchev–Trinajstić information content (AvgIpc) is 2.93. The summed E-state index contributed by atoms with van der Waals surface area (Å²) in [4.78, 5) is 5.19. The molecule has 2 aromatic carbocycles. The molecule has 2 heteroatoms. The zero-order valence-electron chi connectivity index (χ0n) is 11.1. The van der Waals surface area contributed by atoms with Gasteiger partial charge < -0.3 is 0 Å². The van der Waals surface area contributed by atoms with Gasteiger partial charge in [-0.15, -0.1) is 0 Å². The molecule has 1 fully saturated rings. The van der Waals surface area contributed by atoms with Crippen LogP contribution < -0.4 is 0 Å². The Balaban J connectivity index is 1.69. The zero-order chi connectivity index (χ0) is 12.9. The molecule has 0 N–H and O–H groups in total. The Hall–Kier alpha value is -1.25. The third-order valence-electron chi connectivity index (χ3n) is 3.48. The Bertz CT molecular complexity index is 518. The minimum absolute atomic E-state index is 1.10. The van der Waals surface area contributed by atoms with Crippen LogP contribution in [-0.2, 0) is 6.54 Å². The molecule has 2 aromatic rings. The van der Waals surface area contributed by atoms with Crippen LogP contribution in [0.1, 0.15) is 18.4 Å². The van der Waals surface area contributed by atoms with Gasteiger partial charge >= 0.3 is 0 Å². The van der Waals surface area contributed by atoms with Gasteiger partial charge in [-0.05, 0) is 55.8 Å². The fraction of sp³-hybridized carbons (Fsp3) is 0.294. The first-order chi connectivity index (χ1) is 9.40. The van der Waals surface area contributed by atoms with Crippen molar-refractivity contribution in [3.63, 3.8) is 0 Å². The van der Waals surface area contributed by atoms with Crippen LogP contribution in [0.15, 0.2) is 64.4 Å². The van der Waals surface area contributed by atoms with Crippen molar-refractivity contribution in [2.75, 3.05) is 13.1 Å². The topological polar surface area (TPSA) is 3.24 Å². The molecule has 1 saturated heterocycles. The molecule has 0 bridgehead atoms. The van der Waals surface area contributed by atoms with Crippen LogP contribution >= 0.6 is 11.8 Å². The van der Waals surface area contributed by atoms with E-state index in [-0.39, 0.29) is 0 Å². The second-order valence-corrected chi connectivity index (χ2v) is 6.19. The number of benzene rings is 2. The highest BCUT2D eigenvalue weighted by atomic mass is 32.2. The van der Waals surface area contributed by atoms with Gasteiger partial charge in [0.2, 0.25) is 0 Å². The maximum absolute atomic E-state index is 2.55. The number of hydrogen-bond donors (Lipinski definition) is 0. The van der Waals surface area contributed by atoms with Crippen LogP contribution in [0.4, 0.5) is 0 Å². The lowest BCUT2D eigenvalue weighted by atomic mass is 10.2. The van der Waals surface area contributed by atoms with E-state index in [1.54, 1.807) is 0 Å². The summed E-state index contributed by atoms with van der Waals surface area (Å²) >= 11 is 1.84. The molecule has 0 spiro atoms. The monoisotopic (exact) mass is 269 g/mol. The van der Waals surface area contributed by atoms with Gasteiger partial charge in [-0.3, -0.25) is 4.90 Å². The predicted molar refractivity (Wildman–Crippen MR) is 81.5 cm³/mol. The molecule has 0 saturated carbocycles. The quantitative estimate of drug-likeness (QED) is 0.807. The van der Waals surface area contributed by atoms with Crippen LogP contribution in [0.25, 0.3) is 0 Å². The van der Waals surface area contributed by atoms with Gasteiger partial charge in [0.15, 0.2) is 0 Å². The number of likely N-dealkylation sites (tertiary alicyclic amines) is 1. The van der Waals surface area contributed by atoms with Gasteiger partial charge in [0, 0.05) is 16.3 Å². The van der Waals surface area contributed by atoms with Crippen LogP contribution in [0, 0.1) is 0 Å². The molecule has 0 radical (unpaired) electrons. The molecule has 0 aliphatic carbocycles. The number of rotatable bonds is 4. The summed E-state index contributed by atoms with van der Waals surface area (Å²) < 4.78 is 0. The molecule has 1 aliphatic rings. The number of nitrogens with zero attached hydrogens (tertiary/aromatic N) is 1. The van der Waals surface area contributed by atoms with Crippen molar-refractivity contribution in [3.05, 3.63) is 60.2 Å². The minimum Gasteiger partial charge on any atom is -0.299 e. The Morgan fingerprint density at radius 3 is 2.37 bits per heavy atom. The van der Waals surface area contributed by atoms with E-state index >= 15 is 0 Å². The Morgan fingerprint density at radius 1 is 0.842 bits per heavy atom. The van der Waals surface area contributed by atoms with Gasteiger partial charge in [0.1, 0.15) is 0 Å². The van der Waals surface area contributed by atoms with E-state index in [4.69, 9.17) is 0 Å². The SMILES string of the molecule is c1ccc(Sc2cccc(CN3CCCC3)c2)cc1. The Labute approximate surface area is 119 Å². The van der Waals surface area contributed by atoms with Gasteiger partial charge in [-0.25, -0.2) is 0 Å². The van der Waals surface area contributed by atoms with Gasteiger partial charge in [-0.1, -0.05) is 42.1 Å². The van der Waals surface area contributed by atoms with E-state index < -0.39 is 0 Å². The van der Waals surface area contributed by atoms with Crippen molar-refractivity contribution in [3.8, 4) is 0 Å². The van der Waals surface area contributed by atoms with Crippen molar-refractivity contribution >= 4 is 11.8 Å². The molecule has 1 heterocycles. The van der Waals surface area contributed by atoms with Crippen molar-refractivity contribution in [1.82, 2.24) is 4.90 Å². The maximum atomic E-state index is 2.55. The van der Waals surface area contributed by atoms with E-state index in [2.05, 4.69) is 59.5 Å². The van der Waals surface area contributed by atoms with Gasteiger partial charge in [0.25, 0.3) is 0 Å². The van der Waals surface area contributed by atoms with Crippen LogP contribution in [0.5, 0.6) is 0 Å². The summed E-state index contributed by atoms with van der Waals surface area (Å²) in [7, 11) is 0. The molecule has 0 unspecified atom stereocenters. The fourth-order valence-electron chi connectivity index (χ4n) is 2.53. The highest BCUT2D eigenvalue weighted by molar-refractivity contribution is 7.99. The van der Waals surface area contributed by atoms with E-state index in [0.29, 0.717) is 0 Å². The average molecular weight is 269 g/mol. The Kier molecular flexibility index (Phi) is 4.21. The first-order valence-electron chi connectivity index (χ1n) is 6.94. The molecule has 1 aliphatic heterocycles. The summed E-state index contributed by atoms with van der Waals surface area (Å²) in [6.45, 7) is 3.62. The first kappa shape index (κ1) is 12.8. The largest absolute Gasteiger partial charge is 0.299 e. The maximum Gasteiger partial charge on any atom is 0.0234 e.